The van der Waals surface area contributed by atoms with E-state index in [2.05, 4.69) is 47.6 Å². The number of hydrogen-bond acceptors (Lipinski definition) is 0. The van der Waals surface area contributed by atoms with Crippen LogP contribution in [-0.2, 0) is 0 Å². The summed E-state index contributed by atoms with van der Waals surface area (Å²) in [5.74, 6) is 0. The Bertz CT molecular complexity index is 133. The second-order valence-electron chi connectivity index (χ2n) is 2.14. The topological polar surface area (TPSA) is 0 Å². The van der Waals surface area contributed by atoms with Gasteiger partial charge in [-0.3, -0.25) is 0 Å². The zero-order valence-corrected chi connectivity index (χ0v) is 4.86. The van der Waals surface area contributed by atoms with E-state index in [4.69, 9.17) is 0 Å². The Morgan fingerprint density at radius 1 is 1.43 bits per heavy atom. The SMILES string of the molecule is [Li][C]1=CC[C]([Li])=C1. The first kappa shape index (κ1) is 5.81. The van der Waals surface area contributed by atoms with Crippen LogP contribution >= 0.6 is 0 Å². The third kappa shape index (κ3) is 1.56. The van der Waals surface area contributed by atoms with E-state index in [9.17, 15) is 0 Å². The number of hydrogen-bond donors (Lipinski definition) is 0. The van der Waals surface area contributed by atoms with Crippen molar-refractivity contribution in [3.05, 3.63) is 20.6 Å². The van der Waals surface area contributed by atoms with Crippen molar-refractivity contribution in [1.82, 2.24) is 0 Å². The molecule has 0 N–H and O–H groups in total. The Hall–Kier alpha value is 0.675. The number of allylic oxidation sites excluding steroid dienone is 4. The molecule has 0 aliphatic heterocycles. The van der Waals surface area contributed by atoms with Crippen LogP contribution < -0.4 is 0 Å². The van der Waals surface area contributed by atoms with Crippen LogP contribution in [0, 0.1) is 0 Å². The Labute approximate surface area is 62.5 Å². The van der Waals surface area contributed by atoms with E-state index in [1.54, 1.807) is 0 Å². The van der Waals surface area contributed by atoms with Gasteiger partial charge in [0, 0.05) is 0 Å². The maximum atomic E-state index is 2.25. The molecule has 0 aromatic rings. The molecule has 2 heteroatoms. The summed E-state index contributed by atoms with van der Waals surface area (Å²) in [5, 5.41) is 0. The number of rotatable bonds is 0. The third-order valence-electron chi connectivity index (χ3n) is 1.22. The molecule has 1 rings (SSSR count). The minimum absolute atomic E-state index is 1.17. The zero-order valence-electron chi connectivity index (χ0n) is 4.86. The van der Waals surface area contributed by atoms with E-state index < -0.39 is 0 Å². The van der Waals surface area contributed by atoms with Crippen LogP contribution in [0.25, 0.3) is 0 Å². The molecule has 0 fully saturated rings. The van der Waals surface area contributed by atoms with Gasteiger partial charge >= 0.3 is 62.5 Å². The van der Waals surface area contributed by atoms with Crippen LogP contribution in [0.3, 0.4) is 0 Å². The molecule has 0 nitrogen and oxygen atoms in total. The van der Waals surface area contributed by atoms with Crippen LogP contribution in [0.4, 0.5) is 0 Å². The zero-order chi connectivity index (χ0) is 5.28. The summed E-state index contributed by atoms with van der Waals surface area (Å²) >= 11 is 4.30. The van der Waals surface area contributed by atoms with Gasteiger partial charge in [0.1, 0.15) is 0 Å². The molecular weight excluding hydrogens is 73.9 g/mol. The first-order valence-electron chi connectivity index (χ1n) is 2.63. The molecular formula is C5H4Li2. The van der Waals surface area contributed by atoms with E-state index in [0.717, 1.165) is 0 Å². The van der Waals surface area contributed by atoms with Gasteiger partial charge in [0.05, 0.1) is 0 Å². The van der Waals surface area contributed by atoms with Gasteiger partial charge in [0.25, 0.3) is 0 Å². The van der Waals surface area contributed by atoms with Crippen molar-refractivity contribution in [2.24, 2.45) is 0 Å². The van der Waals surface area contributed by atoms with Crippen molar-refractivity contribution in [3.63, 3.8) is 0 Å². The first-order chi connectivity index (χ1) is 3.29. The van der Waals surface area contributed by atoms with Gasteiger partial charge in [-0.1, -0.05) is 0 Å². The quantitative estimate of drug-likeness (QED) is 0.370. The van der Waals surface area contributed by atoms with E-state index >= 15 is 0 Å². The van der Waals surface area contributed by atoms with E-state index in [1.807, 2.05) is 0 Å². The van der Waals surface area contributed by atoms with Crippen molar-refractivity contribution in [1.29, 1.82) is 0 Å². The summed E-state index contributed by atoms with van der Waals surface area (Å²) in [5.41, 5.74) is 0. The van der Waals surface area contributed by atoms with Crippen molar-refractivity contribution < 1.29 is 0 Å². The molecule has 26 valence electrons. The molecule has 0 amide bonds. The van der Waals surface area contributed by atoms with Crippen molar-refractivity contribution in [2.45, 2.75) is 6.42 Å². The molecule has 0 saturated heterocycles. The Balaban J connectivity index is 2.69. The second-order valence-corrected chi connectivity index (χ2v) is 2.14. The standard InChI is InChI=1S/C5H4.2Li/c1-2-4-5-3-1;;/h1,5H,2H2;;. The van der Waals surface area contributed by atoms with Gasteiger partial charge in [-0.2, -0.15) is 0 Å². The molecule has 0 atom stereocenters. The van der Waals surface area contributed by atoms with E-state index in [1.165, 1.54) is 14.9 Å². The first-order valence-corrected chi connectivity index (χ1v) is 2.63. The molecule has 0 bridgehead atoms. The predicted molar refractivity (Wildman–Crippen MR) is 32.3 cm³/mol. The van der Waals surface area contributed by atoms with Gasteiger partial charge < -0.3 is 0 Å². The van der Waals surface area contributed by atoms with Crippen molar-refractivity contribution in [3.8, 4) is 0 Å². The average molecular weight is 78.0 g/mol. The fraction of sp³-hybridized carbons (Fsp3) is 0.200. The molecule has 0 unspecified atom stereocenters. The summed E-state index contributed by atoms with van der Waals surface area (Å²) in [6.07, 6.45) is 5.64. The van der Waals surface area contributed by atoms with Gasteiger partial charge in [0.2, 0.25) is 0 Å². The van der Waals surface area contributed by atoms with Crippen LogP contribution in [0.15, 0.2) is 20.6 Å². The average Bonchev–Trinajstić information content (AvgIpc) is 1.87. The molecule has 1 aliphatic rings. The molecule has 0 radical (unpaired) electrons. The molecule has 0 aromatic heterocycles. The summed E-state index contributed by atoms with van der Waals surface area (Å²) in [7, 11) is 0. The minimum atomic E-state index is 1.17. The van der Waals surface area contributed by atoms with Gasteiger partial charge in [0.15, 0.2) is 0 Å². The van der Waals surface area contributed by atoms with Crippen molar-refractivity contribution in [2.75, 3.05) is 0 Å². The summed E-state index contributed by atoms with van der Waals surface area (Å²) in [6, 6.07) is 0. The maximum absolute atomic E-state index is 2.25. The van der Waals surface area contributed by atoms with Crippen LogP contribution in [0.5, 0.6) is 0 Å². The summed E-state index contributed by atoms with van der Waals surface area (Å²) in [4.78, 5) is 0. The molecule has 0 heterocycles. The second kappa shape index (κ2) is 2.30. The summed E-state index contributed by atoms with van der Waals surface area (Å²) in [6.45, 7) is 0. The van der Waals surface area contributed by atoms with Gasteiger partial charge in [-0.25, -0.2) is 0 Å². The fourth-order valence-electron chi connectivity index (χ4n) is 0.828. The monoisotopic (exact) mass is 78.1 g/mol. The van der Waals surface area contributed by atoms with E-state index in [-0.39, 0.29) is 0 Å². The third-order valence-corrected chi connectivity index (χ3v) is 1.22. The fourth-order valence-corrected chi connectivity index (χ4v) is 0.828. The Kier molecular flexibility index (Phi) is 1.90. The van der Waals surface area contributed by atoms with Crippen LogP contribution in [0.1, 0.15) is 6.42 Å². The van der Waals surface area contributed by atoms with Crippen molar-refractivity contribution >= 4 is 35.4 Å². The molecule has 7 heavy (non-hydrogen) atoms. The molecule has 0 aromatic carbocycles. The summed E-state index contributed by atoms with van der Waals surface area (Å²) < 4.78 is 2.90. The predicted octanol–water partition coefficient (Wildman–Crippen LogP) is 0.495. The normalized spacial score (nSPS) is 19.4. The van der Waals surface area contributed by atoms with E-state index in [0.29, 0.717) is 0 Å². The molecule has 0 saturated carbocycles. The van der Waals surface area contributed by atoms with Crippen LogP contribution in [-0.4, -0.2) is 35.4 Å². The Morgan fingerprint density at radius 3 is 2.29 bits per heavy atom. The molecule has 0 spiro atoms. The van der Waals surface area contributed by atoms with Crippen LogP contribution in [0.2, 0.25) is 0 Å². The van der Waals surface area contributed by atoms with Gasteiger partial charge in [-0.15, -0.1) is 0 Å². The molecule has 1 aliphatic carbocycles. The Morgan fingerprint density at radius 2 is 2.14 bits per heavy atom. The van der Waals surface area contributed by atoms with Gasteiger partial charge in [-0.05, 0) is 0 Å².